The monoisotopic (exact) mass is 353 g/mol. The second-order valence-electron chi connectivity index (χ2n) is 4.95. The summed E-state index contributed by atoms with van der Waals surface area (Å²) in [5.41, 5.74) is 7.30. The van der Waals surface area contributed by atoms with E-state index in [4.69, 9.17) is 5.73 Å². The fraction of sp³-hybridized carbons (Fsp3) is 0.400. The summed E-state index contributed by atoms with van der Waals surface area (Å²) in [5.74, 6) is 1.03. The largest absolute Gasteiger partial charge is 0.354 e. The van der Waals surface area contributed by atoms with Crippen molar-refractivity contribution in [2.24, 2.45) is 5.73 Å². The van der Waals surface area contributed by atoms with Crippen LogP contribution >= 0.6 is 27.3 Å². The second kappa shape index (κ2) is 7.20. The number of nitrogens with two attached hydrogens (primary N) is 1. The number of pyridine rings is 1. The van der Waals surface area contributed by atoms with Crippen molar-refractivity contribution < 1.29 is 0 Å². The Balaban J connectivity index is 2.14. The van der Waals surface area contributed by atoms with Crippen LogP contribution in [0.2, 0.25) is 0 Å². The summed E-state index contributed by atoms with van der Waals surface area (Å²) in [6.45, 7) is 2.98. The lowest BCUT2D eigenvalue weighted by molar-refractivity contribution is 0.643. The Kier molecular flexibility index (Phi) is 5.57. The molecule has 0 saturated carbocycles. The first-order valence-electron chi connectivity index (χ1n) is 6.73. The van der Waals surface area contributed by atoms with Gasteiger partial charge in [0.2, 0.25) is 0 Å². The maximum absolute atomic E-state index is 6.08. The Bertz CT molecular complexity index is 556. The Labute approximate surface area is 133 Å². The van der Waals surface area contributed by atoms with Gasteiger partial charge in [0.05, 0.1) is 6.54 Å². The fourth-order valence-electron chi connectivity index (χ4n) is 2.11. The topological polar surface area (TPSA) is 42.1 Å². The van der Waals surface area contributed by atoms with Gasteiger partial charge in [-0.1, -0.05) is 13.0 Å². The molecule has 5 heteroatoms. The van der Waals surface area contributed by atoms with E-state index in [1.165, 1.54) is 10.4 Å². The molecular formula is C15H20BrN3S. The molecule has 0 aliphatic heterocycles. The molecule has 2 N–H and O–H groups in total. The molecule has 0 aliphatic carbocycles. The maximum atomic E-state index is 6.08. The highest BCUT2D eigenvalue weighted by molar-refractivity contribution is 9.10. The molecule has 0 spiro atoms. The minimum atomic E-state index is 0.197. The summed E-state index contributed by atoms with van der Waals surface area (Å²) in [7, 11) is 2.08. The lowest BCUT2D eigenvalue weighted by atomic mass is 10.1. The molecule has 0 bridgehead atoms. The number of aromatic nitrogens is 1. The van der Waals surface area contributed by atoms with Gasteiger partial charge in [-0.25, -0.2) is 4.98 Å². The zero-order valence-electron chi connectivity index (χ0n) is 11.8. The van der Waals surface area contributed by atoms with Crippen molar-refractivity contribution in [2.75, 3.05) is 11.9 Å². The molecule has 1 unspecified atom stereocenters. The first-order valence-corrected chi connectivity index (χ1v) is 8.41. The highest BCUT2D eigenvalue weighted by Gasteiger charge is 2.12. The van der Waals surface area contributed by atoms with Gasteiger partial charge in [-0.15, -0.1) is 11.3 Å². The lowest BCUT2D eigenvalue weighted by Crippen LogP contribution is -2.24. The van der Waals surface area contributed by atoms with Crippen molar-refractivity contribution in [1.82, 2.24) is 4.98 Å². The van der Waals surface area contributed by atoms with Crippen molar-refractivity contribution in [3.8, 4) is 0 Å². The first-order chi connectivity index (χ1) is 9.60. The van der Waals surface area contributed by atoms with Crippen LogP contribution in [0.25, 0.3) is 0 Å². The van der Waals surface area contributed by atoms with Gasteiger partial charge in [-0.3, -0.25) is 0 Å². The number of hydrogen-bond acceptors (Lipinski definition) is 4. The fourth-order valence-corrected chi connectivity index (χ4v) is 3.61. The number of thiophene rings is 1. The lowest BCUT2D eigenvalue weighted by Gasteiger charge is -2.21. The third-order valence-electron chi connectivity index (χ3n) is 3.25. The molecule has 0 fully saturated rings. The Morgan fingerprint density at radius 3 is 2.95 bits per heavy atom. The zero-order valence-corrected chi connectivity index (χ0v) is 14.2. The second-order valence-corrected chi connectivity index (χ2v) is 6.86. The quantitative estimate of drug-likeness (QED) is 0.858. The van der Waals surface area contributed by atoms with Crippen molar-refractivity contribution in [3.63, 3.8) is 0 Å². The smallest absolute Gasteiger partial charge is 0.131 e. The van der Waals surface area contributed by atoms with Gasteiger partial charge >= 0.3 is 0 Å². The molecule has 0 amide bonds. The van der Waals surface area contributed by atoms with Crippen molar-refractivity contribution in [2.45, 2.75) is 32.4 Å². The molecule has 2 aromatic heterocycles. The summed E-state index contributed by atoms with van der Waals surface area (Å²) in [4.78, 5) is 8.04. The number of anilines is 1. The van der Waals surface area contributed by atoms with E-state index in [2.05, 4.69) is 57.3 Å². The number of halogens is 1. The molecule has 2 rings (SSSR count). The van der Waals surface area contributed by atoms with E-state index in [1.807, 2.05) is 12.3 Å². The molecular weight excluding hydrogens is 334 g/mol. The van der Waals surface area contributed by atoms with Crippen molar-refractivity contribution in [3.05, 3.63) is 44.7 Å². The van der Waals surface area contributed by atoms with Gasteiger partial charge in [0.1, 0.15) is 5.82 Å². The van der Waals surface area contributed by atoms with E-state index >= 15 is 0 Å². The minimum absolute atomic E-state index is 0.197. The summed E-state index contributed by atoms with van der Waals surface area (Å²) in [5, 5.41) is 2.11. The van der Waals surface area contributed by atoms with E-state index in [-0.39, 0.29) is 6.04 Å². The SMILES string of the molecule is CCC(N)Cc1cccnc1N(C)Cc1cc(Br)cs1. The third kappa shape index (κ3) is 4.04. The number of nitrogens with zero attached hydrogens (tertiary/aromatic N) is 2. The molecule has 3 nitrogen and oxygen atoms in total. The van der Waals surface area contributed by atoms with E-state index < -0.39 is 0 Å². The van der Waals surface area contributed by atoms with E-state index in [0.29, 0.717) is 0 Å². The minimum Gasteiger partial charge on any atom is -0.354 e. The number of rotatable bonds is 6. The van der Waals surface area contributed by atoms with Gasteiger partial charge < -0.3 is 10.6 Å². The van der Waals surface area contributed by atoms with Gasteiger partial charge in [0, 0.05) is 34.0 Å². The van der Waals surface area contributed by atoms with Crippen LogP contribution in [-0.4, -0.2) is 18.1 Å². The molecule has 2 aromatic rings. The van der Waals surface area contributed by atoms with Crippen LogP contribution in [-0.2, 0) is 13.0 Å². The van der Waals surface area contributed by atoms with Crippen LogP contribution in [0.15, 0.2) is 34.2 Å². The molecule has 2 heterocycles. The molecule has 1 atom stereocenters. The van der Waals surface area contributed by atoms with Crippen molar-refractivity contribution >= 4 is 33.1 Å². The number of hydrogen-bond donors (Lipinski definition) is 1. The summed E-state index contributed by atoms with van der Waals surface area (Å²) in [6.07, 6.45) is 3.70. The molecule has 0 aromatic carbocycles. The summed E-state index contributed by atoms with van der Waals surface area (Å²) < 4.78 is 1.14. The Morgan fingerprint density at radius 1 is 1.50 bits per heavy atom. The summed E-state index contributed by atoms with van der Waals surface area (Å²) in [6, 6.07) is 6.46. The van der Waals surface area contributed by atoms with Gasteiger partial charge in [-0.2, -0.15) is 0 Å². The Morgan fingerprint density at radius 2 is 2.30 bits per heavy atom. The van der Waals surface area contributed by atoms with Gasteiger partial charge in [-0.05, 0) is 46.5 Å². The average Bonchev–Trinajstić information content (AvgIpc) is 2.84. The predicted octanol–water partition coefficient (Wildman–Crippen LogP) is 3.82. The molecule has 0 radical (unpaired) electrons. The predicted molar refractivity (Wildman–Crippen MR) is 90.3 cm³/mol. The highest BCUT2D eigenvalue weighted by atomic mass is 79.9. The molecule has 0 saturated heterocycles. The van der Waals surface area contributed by atoms with Gasteiger partial charge in [0.15, 0.2) is 0 Å². The summed E-state index contributed by atoms with van der Waals surface area (Å²) >= 11 is 5.25. The highest BCUT2D eigenvalue weighted by Crippen LogP contribution is 2.24. The Hall–Kier alpha value is -0.910. The van der Waals surface area contributed by atoms with Crippen LogP contribution in [0, 0.1) is 0 Å². The molecule has 108 valence electrons. The van der Waals surface area contributed by atoms with Crippen LogP contribution in [0.5, 0.6) is 0 Å². The average molecular weight is 354 g/mol. The standard InChI is InChI=1S/C15H20BrN3S/c1-3-13(17)7-11-5-4-6-18-15(11)19(2)9-14-8-12(16)10-20-14/h4-6,8,10,13H,3,7,9,17H2,1-2H3. The zero-order chi connectivity index (χ0) is 14.5. The normalized spacial score (nSPS) is 12.4. The van der Waals surface area contributed by atoms with Crippen LogP contribution < -0.4 is 10.6 Å². The van der Waals surface area contributed by atoms with Crippen molar-refractivity contribution in [1.29, 1.82) is 0 Å². The van der Waals surface area contributed by atoms with Crippen LogP contribution in [0.3, 0.4) is 0 Å². The maximum Gasteiger partial charge on any atom is 0.131 e. The van der Waals surface area contributed by atoms with E-state index in [0.717, 1.165) is 29.7 Å². The van der Waals surface area contributed by atoms with E-state index in [1.54, 1.807) is 11.3 Å². The van der Waals surface area contributed by atoms with E-state index in [9.17, 15) is 0 Å². The molecule has 0 aliphatic rings. The third-order valence-corrected chi connectivity index (χ3v) is 4.93. The van der Waals surface area contributed by atoms with Gasteiger partial charge in [0.25, 0.3) is 0 Å². The molecule has 20 heavy (non-hydrogen) atoms. The first kappa shape index (κ1) is 15.5. The van der Waals surface area contributed by atoms with Crippen LogP contribution in [0.4, 0.5) is 5.82 Å². The van der Waals surface area contributed by atoms with Crippen LogP contribution in [0.1, 0.15) is 23.8 Å².